The maximum absolute atomic E-state index is 7.85. The Labute approximate surface area is 61.7 Å². The summed E-state index contributed by atoms with van der Waals surface area (Å²) in [5.41, 5.74) is 9.50. The zero-order valence-electron chi connectivity index (χ0n) is 5.55. The molecule has 0 aliphatic rings. The number of nitrogens with two attached hydrogens (primary N) is 2. The molecule has 0 heterocycles. The van der Waals surface area contributed by atoms with Gasteiger partial charge in [0.05, 0.1) is 0 Å². The number of rotatable bonds is 0. The molecule has 0 aromatic rings. The van der Waals surface area contributed by atoms with Crippen LogP contribution in [0.3, 0.4) is 0 Å². The molecule has 0 aliphatic heterocycles. The monoisotopic (exact) mass is 145 g/mol. The molecule has 5 N–H and O–H groups in total. The summed E-state index contributed by atoms with van der Waals surface area (Å²) in [6.45, 7) is 0. The lowest BCUT2D eigenvalue weighted by Crippen LogP contribution is -2.26. The van der Waals surface area contributed by atoms with E-state index in [1.165, 1.54) is 14.1 Å². The van der Waals surface area contributed by atoms with Crippen LogP contribution in [0.1, 0.15) is 7.43 Å². The fraction of sp³-hybridized carbons (Fsp3) is 0.600. The van der Waals surface area contributed by atoms with E-state index in [1.807, 2.05) is 0 Å². The molecule has 0 fully saturated rings. The van der Waals surface area contributed by atoms with Gasteiger partial charge in [-0.2, -0.15) is 5.26 Å². The van der Waals surface area contributed by atoms with Crippen molar-refractivity contribution in [3.05, 3.63) is 0 Å². The molecule has 0 radical (unpaired) electrons. The predicted molar refractivity (Wildman–Crippen MR) is 43.1 cm³/mol. The van der Waals surface area contributed by atoms with Gasteiger partial charge in [0, 0.05) is 7.05 Å². The van der Waals surface area contributed by atoms with Gasteiger partial charge in [-0.05, 0) is 7.05 Å². The minimum Gasteiger partial charge on any atom is -0.369 e. The predicted octanol–water partition coefficient (Wildman–Crippen LogP) is -0.787. The van der Waals surface area contributed by atoms with Gasteiger partial charge in [-0.1, -0.05) is 7.43 Å². The third-order valence-electron chi connectivity index (χ3n) is 0.425. The fourth-order valence-electron chi connectivity index (χ4n) is 0.113. The van der Waals surface area contributed by atoms with E-state index >= 15 is 0 Å². The summed E-state index contributed by atoms with van der Waals surface area (Å²) >= 11 is 0. The van der Waals surface area contributed by atoms with E-state index in [1.54, 1.807) is 6.19 Å². The highest BCUT2D eigenvalue weighted by Gasteiger charge is 1.77. The van der Waals surface area contributed by atoms with Crippen LogP contribution in [0.2, 0.25) is 0 Å². The molecule has 0 unspecified atom stereocenters. The Morgan fingerprint density at radius 2 is 2.00 bits per heavy atom. The molecule has 0 rings (SSSR count). The molecule has 0 aliphatic carbocycles. The highest BCUT2D eigenvalue weighted by molar-refractivity contribution is 5.78. The molecule has 0 bridgehead atoms. The standard InChI is InChI=1S/C3H6N4.CH5N.CH4/c1-6-3(5)7-2-4;1-2;/h1H3,(H3,5,6,7);2H2,1H3;1H4. The summed E-state index contributed by atoms with van der Waals surface area (Å²) in [6, 6.07) is 0. The lowest BCUT2D eigenvalue weighted by molar-refractivity contribution is 1.20. The second-order valence-electron chi connectivity index (χ2n) is 0.846. The summed E-state index contributed by atoms with van der Waals surface area (Å²) < 4.78 is 0. The van der Waals surface area contributed by atoms with Crippen molar-refractivity contribution in [1.82, 2.24) is 5.32 Å². The van der Waals surface area contributed by atoms with Crippen molar-refractivity contribution < 1.29 is 0 Å². The first-order valence-electron chi connectivity index (χ1n) is 2.26. The number of nitrogens with zero attached hydrogens (tertiary/aromatic N) is 2. The Bertz CT molecular complexity index is 112. The Morgan fingerprint density at radius 1 is 1.60 bits per heavy atom. The topological polar surface area (TPSA) is 100 Å². The second-order valence-corrected chi connectivity index (χ2v) is 0.846. The second kappa shape index (κ2) is 15.6. The highest BCUT2D eigenvalue weighted by atomic mass is 15.1. The average molecular weight is 145 g/mol. The van der Waals surface area contributed by atoms with Gasteiger partial charge in [-0.3, -0.25) is 10.3 Å². The van der Waals surface area contributed by atoms with Crippen LogP contribution in [0, 0.1) is 11.5 Å². The molecule has 0 atom stereocenters. The SMILES string of the molecule is C.CN.CN=C(N)NC#N. The molecular weight excluding hydrogens is 130 g/mol. The molecule has 0 aromatic heterocycles. The van der Waals surface area contributed by atoms with E-state index in [4.69, 9.17) is 11.0 Å². The quantitative estimate of drug-likeness (QED) is 0.180. The number of hydrogen-bond donors (Lipinski definition) is 3. The van der Waals surface area contributed by atoms with Crippen molar-refractivity contribution in [1.29, 1.82) is 5.26 Å². The summed E-state index contributed by atoms with van der Waals surface area (Å²) in [4.78, 5) is 3.44. The summed E-state index contributed by atoms with van der Waals surface area (Å²) in [7, 11) is 3.00. The summed E-state index contributed by atoms with van der Waals surface area (Å²) in [6.07, 6.45) is 1.61. The van der Waals surface area contributed by atoms with Crippen LogP contribution in [-0.4, -0.2) is 20.1 Å². The van der Waals surface area contributed by atoms with Crippen molar-refractivity contribution in [3.8, 4) is 6.19 Å². The third-order valence-corrected chi connectivity index (χ3v) is 0.425. The Kier molecular flexibility index (Phi) is 24.9. The molecule has 0 spiro atoms. The maximum atomic E-state index is 7.85. The number of nitrogens with one attached hydrogen (secondary N) is 1. The van der Waals surface area contributed by atoms with E-state index in [-0.39, 0.29) is 13.4 Å². The summed E-state index contributed by atoms with van der Waals surface area (Å²) in [5, 5.41) is 9.97. The molecule has 0 amide bonds. The van der Waals surface area contributed by atoms with Gasteiger partial charge in [-0.15, -0.1) is 0 Å². The lowest BCUT2D eigenvalue weighted by atomic mass is 11.0. The van der Waals surface area contributed by atoms with Crippen molar-refractivity contribution in [2.24, 2.45) is 16.5 Å². The molecule has 0 saturated heterocycles. The zero-order valence-corrected chi connectivity index (χ0v) is 5.55. The van der Waals surface area contributed by atoms with Crippen molar-refractivity contribution >= 4 is 5.96 Å². The molecule has 10 heavy (non-hydrogen) atoms. The minimum absolute atomic E-state index is 0. The Morgan fingerprint density at radius 3 is 2.10 bits per heavy atom. The van der Waals surface area contributed by atoms with Crippen LogP contribution in [0.15, 0.2) is 4.99 Å². The van der Waals surface area contributed by atoms with Crippen LogP contribution >= 0.6 is 0 Å². The number of hydrogen-bond acceptors (Lipinski definition) is 3. The van der Waals surface area contributed by atoms with Gasteiger partial charge in [0.25, 0.3) is 0 Å². The van der Waals surface area contributed by atoms with E-state index in [2.05, 4.69) is 16.0 Å². The van der Waals surface area contributed by atoms with Crippen molar-refractivity contribution in [3.63, 3.8) is 0 Å². The Balaban J connectivity index is -0.000000149. The largest absolute Gasteiger partial charge is 0.369 e. The van der Waals surface area contributed by atoms with Crippen LogP contribution < -0.4 is 16.8 Å². The van der Waals surface area contributed by atoms with Gasteiger partial charge in [-0.25, -0.2) is 0 Å². The van der Waals surface area contributed by atoms with Gasteiger partial charge in [0.2, 0.25) is 5.96 Å². The van der Waals surface area contributed by atoms with Crippen LogP contribution in [0.25, 0.3) is 0 Å². The smallest absolute Gasteiger partial charge is 0.201 e. The lowest BCUT2D eigenvalue weighted by Gasteiger charge is -1.87. The first-order chi connectivity index (χ1) is 4.31. The van der Waals surface area contributed by atoms with Crippen LogP contribution in [0.5, 0.6) is 0 Å². The highest BCUT2D eigenvalue weighted by Crippen LogP contribution is 1.50. The molecule has 5 nitrogen and oxygen atoms in total. The molecular formula is C5H15N5. The molecule has 60 valence electrons. The number of aliphatic imine (C=N–C) groups is 1. The first kappa shape index (κ1) is 15.9. The normalized spacial score (nSPS) is 7.60. The summed E-state index contributed by atoms with van der Waals surface area (Å²) in [5.74, 6) is 0.141. The van der Waals surface area contributed by atoms with Gasteiger partial charge in [0.15, 0.2) is 6.19 Å². The van der Waals surface area contributed by atoms with E-state index < -0.39 is 0 Å². The van der Waals surface area contributed by atoms with Crippen LogP contribution in [-0.2, 0) is 0 Å². The van der Waals surface area contributed by atoms with Gasteiger partial charge in [0.1, 0.15) is 0 Å². The molecule has 0 aromatic carbocycles. The van der Waals surface area contributed by atoms with Crippen molar-refractivity contribution in [2.75, 3.05) is 14.1 Å². The van der Waals surface area contributed by atoms with E-state index in [0.29, 0.717) is 0 Å². The molecule has 0 saturated carbocycles. The zero-order chi connectivity index (χ0) is 7.70. The first-order valence-corrected chi connectivity index (χ1v) is 2.26. The van der Waals surface area contributed by atoms with E-state index in [9.17, 15) is 0 Å². The van der Waals surface area contributed by atoms with Crippen molar-refractivity contribution in [2.45, 2.75) is 7.43 Å². The van der Waals surface area contributed by atoms with Gasteiger partial charge >= 0.3 is 0 Å². The van der Waals surface area contributed by atoms with E-state index in [0.717, 1.165) is 0 Å². The fourth-order valence-corrected chi connectivity index (χ4v) is 0.113. The Hall–Kier alpha value is -1.28. The average Bonchev–Trinajstić information content (AvgIpc) is 1.93. The third kappa shape index (κ3) is 15.9. The van der Waals surface area contributed by atoms with Gasteiger partial charge < -0.3 is 11.5 Å². The minimum atomic E-state index is 0. The maximum Gasteiger partial charge on any atom is 0.201 e. The van der Waals surface area contributed by atoms with Crippen LogP contribution in [0.4, 0.5) is 0 Å². The number of guanidine groups is 1. The number of nitriles is 1. The molecule has 5 heteroatoms.